The summed E-state index contributed by atoms with van der Waals surface area (Å²) < 4.78 is 0.842. The van der Waals surface area contributed by atoms with Crippen molar-refractivity contribution in [1.82, 2.24) is 10.2 Å². The number of nitrogens with zero attached hydrogens (tertiary/aromatic N) is 4. The molecule has 26 heavy (non-hydrogen) atoms. The van der Waals surface area contributed by atoms with Gasteiger partial charge in [-0.05, 0) is 24.7 Å². The van der Waals surface area contributed by atoms with Gasteiger partial charge in [-0.25, -0.2) is 0 Å². The van der Waals surface area contributed by atoms with E-state index >= 15 is 0 Å². The molecule has 0 saturated carbocycles. The predicted molar refractivity (Wildman–Crippen MR) is 103 cm³/mol. The number of hydrogen-bond donors (Lipinski definition) is 1. The van der Waals surface area contributed by atoms with E-state index in [-0.39, 0.29) is 22.4 Å². The summed E-state index contributed by atoms with van der Waals surface area (Å²) in [5, 5.41) is 22.6. The van der Waals surface area contributed by atoms with Crippen LogP contribution in [0.25, 0.3) is 0 Å². The topological polar surface area (TPSA) is 101 Å². The van der Waals surface area contributed by atoms with Crippen molar-refractivity contribution >= 4 is 45.5 Å². The fourth-order valence-corrected chi connectivity index (χ4v) is 4.57. The van der Waals surface area contributed by atoms with Crippen LogP contribution in [0.5, 0.6) is 0 Å². The molecular formula is C16H19N5O3S2. The number of rotatable bonds is 6. The number of nitro benzene ring substituents is 1. The van der Waals surface area contributed by atoms with E-state index in [2.05, 4.69) is 15.5 Å². The second kappa shape index (κ2) is 8.45. The van der Waals surface area contributed by atoms with E-state index in [1.807, 2.05) is 11.8 Å². The van der Waals surface area contributed by atoms with E-state index in [1.165, 1.54) is 17.4 Å². The summed E-state index contributed by atoms with van der Waals surface area (Å²) >= 11 is 2.97. The number of thioether (sulfide) groups is 1. The van der Waals surface area contributed by atoms with Gasteiger partial charge < -0.3 is 10.2 Å². The second-order valence-corrected chi connectivity index (χ2v) is 8.29. The Morgan fingerprint density at radius 3 is 2.81 bits per heavy atom. The first-order chi connectivity index (χ1) is 12.6. The van der Waals surface area contributed by atoms with Crippen molar-refractivity contribution in [2.45, 2.75) is 24.1 Å². The third-order valence-electron chi connectivity index (χ3n) is 4.19. The zero-order valence-electron chi connectivity index (χ0n) is 14.3. The van der Waals surface area contributed by atoms with Gasteiger partial charge in [-0.2, -0.15) is 0 Å². The third-order valence-corrected chi connectivity index (χ3v) is 6.04. The molecule has 1 aromatic heterocycles. The lowest BCUT2D eigenvalue weighted by Gasteiger charge is -2.32. The number of carbonyl (C=O) groups is 1. The zero-order valence-corrected chi connectivity index (χ0v) is 15.9. The zero-order chi connectivity index (χ0) is 18.5. The predicted octanol–water partition coefficient (Wildman–Crippen LogP) is 3.41. The molecule has 0 bridgehead atoms. The number of nitrogens with one attached hydrogen (secondary N) is 1. The van der Waals surface area contributed by atoms with Crippen LogP contribution in [-0.2, 0) is 4.79 Å². The van der Waals surface area contributed by atoms with Crippen LogP contribution in [0.3, 0.4) is 0 Å². The Hall–Kier alpha value is -2.20. The Morgan fingerprint density at radius 1 is 1.38 bits per heavy atom. The summed E-state index contributed by atoms with van der Waals surface area (Å²) in [4.78, 5) is 25.2. The van der Waals surface area contributed by atoms with Crippen LogP contribution in [-0.4, -0.2) is 39.9 Å². The van der Waals surface area contributed by atoms with Crippen molar-refractivity contribution in [2.24, 2.45) is 5.92 Å². The average Bonchev–Trinajstić information content (AvgIpc) is 3.09. The molecule has 1 amide bonds. The molecule has 2 heterocycles. The van der Waals surface area contributed by atoms with E-state index in [0.717, 1.165) is 10.1 Å². The highest BCUT2D eigenvalue weighted by molar-refractivity contribution is 8.01. The van der Waals surface area contributed by atoms with Gasteiger partial charge in [0.05, 0.1) is 4.92 Å². The minimum Gasteiger partial charge on any atom is -0.366 e. The molecule has 1 aliphatic rings. The molecule has 0 unspecified atom stereocenters. The minimum absolute atomic E-state index is 0.0589. The molecule has 8 nitrogen and oxygen atoms in total. The first-order valence-corrected chi connectivity index (χ1v) is 10.1. The normalized spacial score (nSPS) is 15.0. The molecule has 0 aliphatic carbocycles. The summed E-state index contributed by atoms with van der Waals surface area (Å²) in [6.45, 7) is 3.25. The maximum Gasteiger partial charge on any atom is 0.292 e. The quantitative estimate of drug-likeness (QED) is 0.347. The molecule has 1 fully saturated rings. The van der Waals surface area contributed by atoms with E-state index in [4.69, 9.17) is 0 Å². The Balaban J connectivity index is 1.58. The molecule has 2 aromatic rings. The van der Waals surface area contributed by atoms with Crippen LogP contribution in [0.2, 0.25) is 0 Å². The van der Waals surface area contributed by atoms with E-state index in [1.54, 1.807) is 30.0 Å². The van der Waals surface area contributed by atoms with Gasteiger partial charge in [-0.15, -0.1) is 10.2 Å². The molecular weight excluding hydrogens is 374 g/mol. The largest absolute Gasteiger partial charge is 0.366 e. The second-order valence-electron chi connectivity index (χ2n) is 5.80. The van der Waals surface area contributed by atoms with Gasteiger partial charge in [-0.1, -0.05) is 42.2 Å². The molecule has 1 N–H and O–H groups in total. The number of anilines is 2. The molecule has 3 rings (SSSR count). The van der Waals surface area contributed by atoms with E-state index in [9.17, 15) is 14.9 Å². The first kappa shape index (κ1) is 18.6. The van der Waals surface area contributed by atoms with Crippen LogP contribution in [0, 0.1) is 16.0 Å². The van der Waals surface area contributed by atoms with Gasteiger partial charge in [-0.3, -0.25) is 14.9 Å². The van der Waals surface area contributed by atoms with Crippen molar-refractivity contribution in [1.29, 1.82) is 0 Å². The van der Waals surface area contributed by atoms with E-state index in [0.29, 0.717) is 36.8 Å². The van der Waals surface area contributed by atoms with E-state index < -0.39 is 0 Å². The highest BCUT2D eigenvalue weighted by atomic mass is 32.2. The number of piperidine rings is 1. The Labute approximate surface area is 159 Å². The highest BCUT2D eigenvalue weighted by Gasteiger charge is 2.28. The smallest absolute Gasteiger partial charge is 0.292 e. The van der Waals surface area contributed by atoms with Gasteiger partial charge in [0.15, 0.2) is 4.34 Å². The Bertz CT molecular complexity index is 790. The van der Waals surface area contributed by atoms with Crippen molar-refractivity contribution in [2.75, 3.05) is 29.1 Å². The molecule has 0 spiro atoms. The summed E-state index contributed by atoms with van der Waals surface area (Å²) in [7, 11) is 0. The number of aromatic nitrogens is 2. The summed E-state index contributed by atoms with van der Waals surface area (Å²) in [6.07, 6.45) is 1.29. The summed E-state index contributed by atoms with van der Waals surface area (Å²) in [5.74, 6) is 0.726. The molecule has 0 radical (unpaired) electrons. The lowest BCUT2D eigenvalue weighted by Crippen LogP contribution is -2.38. The monoisotopic (exact) mass is 393 g/mol. The van der Waals surface area contributed by atoms with Crippen molar-refractivity contribution in [3.63, 3.8) is 0 Å². The van der Waals surface area contributed by atoms with Gasteiger partial charge >= 0.3 is 0 Å². The van der Waals surface area contributed by atoms with Crippen LogP contribution in [0.1, 0.15) is 19.8 Å². The van der Waals surface area contributed by atoms with Crippen LogP contribution < -0.4 is 10.2 Å². The summed E-state index contributed by atoms with van der Waals surface area (Å²) in [6, 6.07) is 6.72. The number of nitro groups is 1. The highest BCUT2D eigenvalue weighted by Crippen LogP contribution is 2.32. The van der Waals surface area contributed by atoms with Gasteiger partial charge in [0, 0.05) is 25.1 Å². The third kappa shape index (κ3) is 4.31. The van der Waals surface area contributed by atoms with Crippen LogP contribution >= 0.6 is 23.1 Å². The minimum atomic E-state index is -0.366. The molecule has 0 atom stereocenters. The number of carbonyl (C=O) groups excluding carboxylic acids is 1. The van der Waals surface area contributed by atoms with Gasteiger partial charge in [0.2, 0.25) is 11.0 Å². The van der Waals surface area contributed by atoms with Gasteiger partial charge in [0.25, 0.3) is 5.69 Å². The standard InChI is InChI=1S/C16H19N5O3S2/c1-2-25-16-19-18-15(26-16)17-14(22)11-7-9-20(10-8-11)12-5-3-4-6-13(12)21(23)24/h3-6,11H,2,7-10H2,1H3,(H,17,18,22). The molecule has 138 valence electrons. The maximum absolute atomic E-state index is 12.4. The fraction of sp³-hybridized carbons (Fsp3) is 0.438. The maximum atomic E-state index is 12.4. The molecule has 10 heteroatoms. The van der Waals surface area contributed by atoms with Crippen molar-refractivity contribution in [3.05, 3.63) is 34.4 Å². The molecule has 1 aromatic carbocycles. The van der Waals surface area contributed by atoms with Crippen molar-refractivity contribution < 1.29 is 9.72 Å². The number of para-hydroxylation sites is 2. The van der Waals surface area contributed by atoms with Crippen LogP contribution in [0.4, 0.5) is 16.5 Å². The Morgan fingerprint density at radius 2 is 2.12 bits per heavy atom. The first-order valence-electron chi connectivity index (χ1n) is 8.34. The SMILES string of the molecule is CCSc1nnc(NC(=O)C2CCN(c3ccccc3[N+](=O)[O-])CC2)s1. The van der Waals surface area contributed by atoms with Crippen molar-refractivity contribution in [3.8, 4) is 0 Å². The number of benzene rings is 1. The molecule has 1 saturated heterocycles. The Kier molecular flexibility index (Phi) is 6.04. The van der Waals surface area contributed by atoms with Crippen LogP contribution in [0.15, 0.2) is 28.6 Å². The number of amides is 1. The fourth-order valence-electron chi connectivity index (χ4n) is 2.92. The molecule has 1 aliphatic heterocycles. The van der Waals surface area contributed by atoms with Gasteiger partial charge in [0.1, 0.15) is 5.69 Å². The average molecular weight is 393 g/mol. The summed E-state index contributed by atoms with van der Waals surface area (Å²) in [5.41, 5.74) is 0.715. The lowest BCUT2D eigenvalue weighted by atomic mass is 9.95. The number of hydrogen-bond acceptors (Lipinski definition) is 8. The lowest BCUT2D eigenvalue weighted by molar-refractivity contribution is -0.384.